The molecule has 2 rings (SSSR count). The second kappa shape index (κ2) is 5.51. The lowest BCUT2D eigenvalue weighted by Gasteiger charge is -2.28. The number of aliphatic hydroxyl groups is 1. The van der Waals surface area contributed by atoms with E-state index in [9.17, 15) is 5.11 Å². The first-order valence-corrected chi connectivity index (χ1v) is 6.51. The van der Waals surface area contributed by atoms with Gasteiger partial charge in [0.2, 0.25) is 0 Å². The molecule has 0 unspecified atom stereocenters. The lowest BCUT2D eigenvalue weighted by molar-refractivity contribution is 0.0145. The predicted octanol–water partition coefficient (Wildman–Crippen LogP) is 2.30. The number of nitriles is 1. The Morgan fingerprint density at radius 2 is 1.89 bits per heavy atom. The van der Waals surface area contributed by atoms with Gasteiger partial charge in [0, 0.05) is 13.1 Å². The Balaban J connectivity index is 1.90. The van der Waals surface area contributed by atoms with Crippen molar-refractivity contribution in [2.45, 2.75) is 37.8 Å². The molecule has 0 spiro atoms. The van der Waals surface area contributed by atoms with Crippen molar-refractivity contribution < 1.29 is 5.11 Å². The van der Waals surface area contributed by atoms with Gasteiger partial charge in [0.15, 0.2) is 0 Å². The molecule has 1 aromatic carbocycles. The Morgan fingerprint density at radius 3 is 2.44 bits per heavy atom. The van der Waals surface area contributed by atoms with Gasteiger partial charge < -0.3 is 5.11 Å². The Morgan fingerprint density at radius 1 is 1.28 bits per heavy atom. The van der Waals surface area contributed by atoms with Crippen molar-refractivity contribution in [2.24, 2.45) is 0 Å². The summed E-state index contributed by atoms with van der Waals surface area (Å²) in [6.45, 7) is 1.54. The highest BCUT2D eigenvalue weighted by Gasteiger charge is 2.31. The van der Waals surface area contributed by atoms with E-state index in [0.29, 0.717) is 5.56 Å². The first-order valence-electron chi connectivity index (χ1n) is 6.51. The standard InChI is InChI=1S/C15H20N2O/c1-17(12-15(18)8-2-3-9-15)11-14-6-4-13(10-16)5-7-14/h4-7,18H,2-3,8-9,11-12H2,1H3. The van der Waals surface area contributed by atoms with Crippen molar-refractivity contribution in [3.63, 3.8) is 0 Å². The van der Waals surface area contributed by atoms with Crippen molar-refractivity contribution in [3.8, 4) is 6.07 Å². The summed E-state index contributed by atoms with van der Waals surface area (Å²) in [5.74, 6) is 0. The first kappa shape index (κ1) is 13.1. The van der Waals surface area contributed by atoms with Crippen LogP contribution in [0.4, 0.5) is 0 Å². The molecule has 0 aromatic heterocycles. The molecule has 0 aliphatic heterocycles. The molecule has 0 atom stereocenters. The van der Waals surface area contributed by atoms with Crippen LogP contribution in [0.1, 0.15) is 36.8 Å². The maximum Gasteiger partial charge on any atom is 0.0991 e. The van der Waals surface area contributed by atoms with E-state index in [1.807, 2.05) is 31.3 Å². The van der Waals surface area contributed by atoms with Gasteiger partial charge in [0.05, 0.1) is 17.2 Å². The third kappa shape index (κ3) is 3.32. The summed E-state index contributed by atoms with van der Waals surface area (Å²) in [6, 6.07) is 9.76. The number of nitrogens with zero attached hydrogens (tertiary/aromatic N) is 2. The fraction of sp³-hybridized carbons (Fsp3) is 0.533. The monoisotopic (exact) mass is 244 g/mol. The minimum atomic E-state index is -0.485. The number of hydrogen-bond acceptors (Lipinski definition) is 3. The highest BCUT2D eigenvalue weighted by atomic mass is 16.3. The largest absolute Gasteiger partial charge is 0.389 e. The first-order chi connectivity index (χ1) is 8.61. The van der Waals surface area contributed by atoms with Gasteiger partial charge in [-0.2, -0.15) is 5.26 Å². The van der Waals surface area contributed by atoms with Crippen LogP contribution < -0.4 is 0 Å². The van der Waals surface area contributed by atoms with Gasteiger partial charge in [-0.3, -0.25) is 4.90 Å². The van der Waals surface area contributed by atoms with Gasteiger partial charge >= 0.3 is 0 Å². The zero-order chi connectivity index (χ0) is 13.0. The molecule has 96 valence electrons. The van der Waals surface area contributed by atoms with Crippen LogP contribution >= 0.6 is 0 Å². The Hall–Kier alpha value is -1.37. The average Bonchev–Trinajstić information content (AvgIpc) is 2.76. The molecule has 0 heterocycles. The lowest BCUT2D eigenvalue weighted by atomic mass is 10.0. The van der Waals surface area contributed by atoms with Crippen LogP contribution in [0, 0.1) is 11.3 Å². The van der Waals surface area contributed by atoms with E-state index in [-0.39, 0.29) is 0 Å². The van der Waals surface area contributed by atoms with Gasteiger partial charge in [0.1, 0.15) is 0 Å². The summed E-state index contributed by atoms with van der Waals surface area (Å²) in [5.41, 5.74) is 1.38. The fourth-order valence-corrected chi connectivity index (χ4v) is 2.75. The molecule has 0 radical (unpaired) electrons. The smallest absolute Gasteiger partial charge is 0.0991 e. The van der Waals surface area contributed by atoms with Gasteiger partial charge in [-0.25, -0.2) is 0 Å². The van der Waals surface area contributed by atoms with Crippen LogP contribution in [0.5, 0.6) is 0 Å². The Labute approximate surface area is 109 Å². The molecule has 1 aromatic rings. The highest BCUT2D eigenvalue weighted by molar-refractivity contribution is 5.31. The van der Waals surface area contributed by atoms with E-state index in [2.05, 4.69) is 11.0 Å². The SMILES string of the molecule is CN(Cc1ccc(C#N)cc1)CC1(O)CCCC1. The van der Waals surface area contributed by atoms with E-state index >= 15 is 0 Å². The zero-order valence-electron chi connectivity index (χ0n) is 10.9. The van der Waals surface area contributed by atoms with Crippen LogP contribution in [0.15, 0.2) is 24.3 Å². The van der Waals surface area contributed by atoms with Crippen molar-refractivity contribution in [2.75, 3.05) is 13.6 Å². The predicted molar refractivity (Wildman–Crippen MR) is 70.9 cm³/mol. The molecular formula is C15H20N2O. The van der Waals surface area contributed by atoms with Crippen LogP contribution in [0.25, 0.3) is 0 Å². The summed E-state index contributed by atoms with van der Waals surface area (Å²) >= 11 is 0. The van der Waals surface area contributed by atoms with Gasteiger partial charge in [0.25, 0.3) is 0 Å². The molecular weight excluding hydrogens is 224 g/mol. The maximum atomic E-state index is 10.3. The molecule has 3 nitrogen and oxygen atoms in total. The Bertz CT molecular complexity index is 427. The maximum absolute atomic E-state index is 10.3. The summed E-state index contributed by atoms with van der Waals surface area (Å²) in [6.07, 6.45) is 4.12. The molecule has 0 bridgehead atoms. The fourth-order valence-electron chi connectivity index (χ4n) is 2.75. The van der Waals surface area contributed by atoms with Gasteiger partial charge in [-0.15, -0.1) is 0 Å². The minimum Gasteiger partial charge on any atom is -0.389 e. The lowest BCUT2D eigenvalue weighted by Crippen LogP contribution is -2.38. The normalized spacial score (nSPS) is 17.9. The quantitative estimate of drug-likeness (QED) is 0.884. The van der Waals surface area contributed by atoms with E-state index in [1.54, 1.807) is 0 Å². The summed E-state index contributed by atoms with van der Waals surface area (Å²) in [7, 11) is 2.04. The van der Waals surface area contributed by atoms with E-state index in [1.165, 1.54) is 5.56 Å². The van der Waals surface area contributed by atoms with Crippen molar-refractivity contribution in [3.05, 3.63) is 35.4 Å². The van der Waals surface area contributed by atoms with Crippen LogP contribution in [-0.2, 0) is 6.54 Å². The van der Waals surface area contributed by atoms with E-state index < -0.39 is 5.60 Å². The highest BCUT2D eigenvalue weighted by Crippen LogP contribution is 2.30. The molecule has 1 fully saturated rings. The molecule has 1 aliphatic rings. The van der Waals surface area contributed by atoms with Crippen molar-refractivity contribution in [1.82, 2.24) is 4.90 Å². The van der Waals surface area contributed by atoms with Gasteiger partial charge in [-0.1, -0.05) is 25.0 Å². The van der Waals surface area contributed by atoms with Crippen LogP contribution in [0.2, 0.25) is 0 Å². The molecule has 1 saturated carbocycles. The molecule has 1 aliphatic carbocycles. The van der Waals surface area contributed by atoms with Gasteiger partial charge in [-0.05, 0) is 37.6 Å². The Kier molecular flexibility index (Phi) is 4.00. The second-order valence-electron chi connectivity index (χ2n) is 5.41. The third-order valence-electron chi connectivity index (χ3n) is 3.63. The minimum absolute atomic E-state index is 0.485. The topological polar surface area (TPSA) is 47.3 Å². The summed E-state index contributed by atoms with van der Waals surface area (Å²) in [5, 5.41) is 19.1. The molecule has 0 saturated heterocycles. The zero-order valence-corrected chi connectivity index (χ0v) is 10.9. The molecule has 0 amide bonds. The molecule has 18 heavy (non-hydrogen) atoms. The van der Waals surface area contributed by atoms with Crippen molar-refractivity contribution in [1.29, 1.82) is 5.26 Å². The van der Waals surface area contributed by atoms with E-state index in [4.69, 9.17) is 5.26 Å². The number of rotatable bonds is 4. The molecule has 3 heteroatoms. The average molecular weight is 244 g/mol. The summed E-state index contributed by atoms with van der Waals surface area (Å²) in [4.78, 5) is 2.16. The third-order valence-corrected chi connectivity index (χ3v) is 3.63. The number of likely N-dealkylation sites (N-methyl/N-ethyl adjacent to an activating group) is 1. The van der Waals surface area contributed by atoms with E-state index in [0.717, 1.165) is 38.8 Å². The van der Waals surface area contributed by atoms with Crippen molar-refractivity contribution >= 4 is 0 Å². The van der Waals surface area contributed by atoms with Crippen LogP contribution in [0.3, 0.4) is 0 Å². The number of hydrogen-bond donors (Lipinski definition) is 1. The van der Waals surface area contributed by atoms with Crippen LogP contribution in [-0.4, -0.2) is 29.2 Å². The summed E-state index contributed by atoms with van der Waals surface area (Å²) < 4.78 is 0. The second-order valence-corrected chi connectivity index (χ2v) is 5.41. The molecule has 1 N–H and O–H groups in total. The number of benzene rings is 1.